The topological polar surface area (TPSA) is 18.5 Å². The van der Waals surface area contributed by atoms with Crippen LogP contribution in [0.4, 0.5) is 0 Å². The minimum Gasteiger partial charge on any atom is -0.329 e. The summed E-state index contributed by atoms with van der Waals surface area (Å²) < 4.78 is 12.4. The summed E-state index contributed by atoms with van der Waals surface area (Å²) in [5.41, 5.74) is 0. The van der Waals surface area contributed by atoms with Gasteiger partial charge in [-0.05, 0) is 50.1 Å². The van der Waals surface area contributed by atoms with E-state index in [9.17, 15) is 0 Å². The van der Waals surface area contributed by atoms with Gasteiger partial charge in [0.05, 0.1) is 18.6 Å². The summed E-state index contributed by atoms with van der Waals surface area (Å²) in [6.45, 7) is 7.32. The molecule has 0 radical (unpaired) electrons. The van der Waals surface area contributed by atoms with Crippen LogP contribution in [0, 0.1) is 5.92 Å². The Bertz CT molecular complexity index is 644. The lowest BCUT2D eigenvalue weighted by Crippen LogP contribution is -2.28. The predicted octanol–water partition coefficient (Wildman–Crippen LogP) is 5.87. The maximum atomic E-state index is 6.20. The molecule has 0 spiro atoms. The van der Waals surface area contributed by atoms with E-state index in [1.54, 1.807) is 0 Å². The molecule has 0 heterocycles. The van der Waals surface area contributed by atoms with Gasteiger partial charge >= 0.3 is 0 Å². The lowest BCUT2D eigenvalue weighted by molar-refractivity contribution is 0.259. The Kier molecular flexibility index (Phi) is 8.94. The first-order valence-electron chi connectivity index (χ1n) is 9.35. The molecule has 0 aliphatic rings. The van der Waals surface area contributed by atoms with Gasteiger partial charge in [-0.2, -0.15) is 0 Å². The van der Waals surface area contributed by atoms with Crippen LogP contribution in [0.2, 0.25) is 0 Å². The molecular formula is C21H30O2P2S. The zero-order chi connectivity index (χ0) is 19.0. The van der Waals surface area contributed by atoms with Gasteiger partial charge in [-0.15, -0.1) is 0 Å². The van der Waals surface area contributed by atoms with Crippen LogP contribution in [-0.2, 0) is 20.9 Å². The molecule has 2 aromatic carbocycles. The third-order valence-electron chi connectivity index (χ3n) is 4.43. The zero-order valence-corrected chi connectivity index (χ0v) is 18.8. The molecule has 0 aliphatic heterocycles. The van der Waals surface area contributed by atoms with Gasteiger partial charge in [0.2, 0.25) is 0 Å². The Morgan fingerprint density at radius 3 is 1.62 bits per heavy atom. The summed E-state index contributed by atoms with van der Waals surface area (Å²) in [5.74, 6) is 0.422. The normalized spacial score (nSPS) is 14.3. The average molecular weight is 408 g/mol. The van der Waals surface area contributed by atoms with Crippen LogP contribution >= 0.6 is 14.4 Å². The molecular weight excluding hydrogens is 378 g/mol. The first kappa shape index (κ1) is 21.7. The second kappa shape index (κ2) is 10.7. The molecule has 0 aromatic heterocycles. The summed E-state index contributed by atoms with van der Waals surface area (Å²) in [5, 5.41) is 2.88. The Hall–Kier alpha value is -0.560. The average Bonchev–Trinajstić information content (AvgIpc) is 2.67. The van der Waals surface area contributed by atoms with Crippen LogP contribution in [0.25, 0.3) is 0 Å². The fourth-order valence-corrected chi connectivity index (χ4v) is 12.1. The van der Waals surface area contributed by atoms with E-state index in [0.29, 0.717) is 19.1 Å². The van der Waals surface area contributed by atoms with Crippen molar-refractivity contribution in [2.75, 3.05) is 13.2 Å². The molecule has 0 N–H and O–H groups in total. The zero-order valence-electron chi connectivity index (χ0n) is 16.2. The molecule has 26 heavy (non-hydrogen) atoms. The molecule has 0 saturated heterocycles. The van der Waals surface area contributed by atoms with Crippen LogP contribution < -0.4 is 10.6 Å². The molecule has 0 bridgehead atoms. The highest BCUT2D eigenvalue weighted by atomic mass is 32.5. The SMILES string of the molecule is CCOP(=S)(OCC)C(C(C)CC)P(c1ccccc1)c1ccccc1. The van der Waals surface area contributed by atoms with E-state index in [1.165, 1.54) is 10.6 Å². The van der Waals surface area contributed by atoms with Crippen molar-refractivity contribution in [3.63, 3.8) is 0 Å². The van der Waals surface area contributed by atoms with Gasteiger partial charge in [0.1, 0.15) is 0 Å². The highest BCUT2D eigenvalue weighted by Gasteiger charge is 2.41. The molecule has 0 aliphatic carbocycles. The lowest BCUT2D eigenvalue weighted by atomic mass is 10.2. The van der Waals surface area contributed by atoms with E-state index in [0.717, 1.165) is 6.42 Å². The second-order valence-electron chi connectivity index (χ2n) is 6.22. The largest absolute Gasteiger partial charge is 0.329 e. The molecule has 2 aromatic rings. The van der Waals surface area contributed by atoms with E-state index in [2.05, 4.69) is 74.5 Å². The molecule has 2 unspecified atom stereocenters. The van der Waals surface area contributed by atoms with Gasteiger partial charge in [0, 0.05) is 0 Å². The highest BCUT2D eigenvalue weighted by molar-refractivity contribution is 8.13. The van der Waals surface area contributed by atoms with Crippen molar-refractivity contribution in [2.45, 2.75) is 39.5 Å². The van der Waals surface area contributed by atoms with Gasteiger partial charge in [-0.3, -0.25) is 0 Å². The van der Waals surface area contributed by atoms with Crippen molar-refractivity contribution in [1.29, 1.82) is 0 Å². The van der Waals surface area contributed by atoms with E-state index in [1.807, 2.05) is 13.8 Å². The van der Waals surface area contributed by atoms with Crippen molar-refractivity contribution in [3.8, 4) is 0 Å². The fraction of sp³-hybridized carbons (Fsp3) is 0.429. The standard InChI is InChI=1S/C21H30O2P2S/c1-5-18(4)21(25(26,22-6-2)23-7-3)24(19-14-10-8-11-15-19)20-16-12-9-13-17-20/h8-18,21H,5-7H2,1-4H3. The maximum absolute atomic E-state index is 6.20. The first-order valence-corrected chi connectivity index (χ1v) is 13.5. The minimum atomic E-state index is -2.43. The molecule has 0 fully saturated rings. The monoisotopic (exact) mass is 408 g/mol. The van der Waals surface area contributed by atoms with Crippen LogP contribution in [0.3, 0.4) is 0 Å². The van der Waals surface area contributed by atoms with Crippen LogP contribution in [0.5, 0.6) is 0 Å². The summed E-state index contributed by atoms with van der Waals surface area (Å²) in [4.78, 5) is 0. The minimum absolute atomic E-state index is 0.196. The summed E-state index contributed by atoms with van der Waals surface area (Å²) in [7, 11) is -0.675. The molecule has 5 heteroatoms. The molecule has 2 nitrogen and oxygen atoms in total. The molecule has 0 saturated carbocycles. The number of benzene rings is 2. The van der Waals surface area contributed by atoms with Crippen molar-refractivity contribution < 1.29 is 9.05 Å². The summed E-state index contributed by atoms with van der Waals surface area (Å²) >= 11 is 6.12. The van der Waals surface area contributed by atoms with Crippen molar-refractivity contribution in [3.05, 3.63) is 60.7 Å². The van der Waals surface area contributed by atoms with Crippen molar-refractivity contribution in [2.24, 2.45) is 5.92 Å². The fourth-order valence-electron chi connectivity index (χ4n) is 3.10. The van der Waals surface area contributed by atoms with Crippen LogP contribution in [-0.4, -0.2) is 18.6 Å². The van der Waals surface area contributed by atoms with E-state index in [4.69, 9.17) is 20.9 Å². The van der Waals surface area contributed by atoms with E-state index >= 15 is 0 Å². The van der Waals surface area contributed by atoms with Gasteiger partial charge in [-0.1, -0.05) is 80.9 Å². The number of hydrogen-bond acceptors (Lipinski definition) is 3. The number of hydrogen-bond donors (Lipinski definition) is 0. The van der Waals surface area contributed by atoms with Gasteiger partial charge in [-0.25, -0.2) is 0 Å². The van der Waals surface area contributed by atoms with Crippen LogP contribution in [0.1, 0.15) is 34.1 Å². The third-order valence-corrected chi connectivity index (χ3v) is 13.0. The van der Waals surface area contributed by atoms with Crippen molar-refractivity contribution >= 4 is 36.8 Å². The Morgan fingerprint density at radius 1 is 0.846 bits per heavy atom. The third kappa shape index (κ3) is 5.24. The van der Waals surface area contributed by atoms with E-state index < -0.39 is 14.4 Å². The number of rotatable bonds is 10. The Morgan fingerprint density at radius 2 is 1.27 bits per heavy atom. The Balaban J connectivity index is 2.64. The molecule has 142 valence electrons. The first-order chi connectivity index (χ1) is 12.6. The molecule has 0 amide bonds. The van der Waals surface area contributed by atoms with E-state index in [-0.39, 0.29) is 5.40 Å². The van der Waals surface area contributed by atoms with Gasteiger partial charge in [0.15, 0.2) is 6.49 Å². The molecule has 2 rings (SSSR count). The maximum Gasteiger partial charge on any atom is 0.196 e. The van der Waals surface area contributed by atoms with Crippen LogP contribution in [0.15, 0.2) is 60.7 Å². The predicted molar refractivity (Wildman–Crippen MR) is 120 cm³/mol. The smallest absolute Gasteiger partial charge is 0.196 e. The van der Waals surface area contributed by atoms with Gasteiger partial charge < -0.3 is 9.05 Å². The summed E-state index contributed by atoms with van der Waals surface area (Å²) in [6.07, 6.45) is 1.06. The second-order valence-corrected chi connectivity index (χ2v) is 12.6. The molecule has 2 atom stereocenters. The summed E-state index contributed by atoms with van der Waals surface area (Å²) in [6, 6.07) is 21.5. The Labute approximate surface area is 165 Å². The lowest BCUT2D eigenvalue weighted by Gasteiger charge is -2.39. The van der Waals surface area contributed by atoms with Gasteiger partial charge in [0.25, 0.3) is 0 Å². The highest BCUT2D eigenvalue weighted by Crippen LogP contribution is 2.67. The quantitative estimate of drug-likeness (QED) is 0.458. The van der Waals surface area contributed by atoms with Crippen molar-refractivity contribution in [1.82, 2.24) is 0 Å².